The number of rotatable bonds is 12. The third kappa shape index (κ3) is 12.8. The lowest BCUT2D eigenvalue weighted by Gasteiger charge is -2.22. The number of fused-ring (bicyclic) bond motifs is 18. The van der Waals surface area contributed by atoms with Crippen LogP contribution in [0.15, 0.2) is 435 Å². The molecule has 9 heteroatoms. The van der Waals surface area contributed by atoms with Gasteiger partial charge < -0.3 is 22.1 Å². The van der Waals surface area contributed by atoms with E-state index in [0.717, 1.165) is 221 Å². The van der Waals surface area contributed by atoms with Crippen LogP contribution in [0.4, 0.5) is 0 Å². The highest BCUT2D eigenvalue weighted by molar-refractivity contribution is 6.11. The van der Waals surface area contributed by atoms with Crippen LogP contribution in [0, 0.1) is 0 Å². The highest BCUT2D eigenvalue weighted by atomic mass is 16.3. The Hall–Kier alpha value is -16.9. The predicted octanol–water partition coefficient (Wildman–Crippen LogP) is 32.8. The molecule has 0 saturated heterocycles. The van der Waals surface area contributed by atoms with E-state index >= 15 is 0 Å². The molecular weight excluding hydrogens is 1570 g/mol. The van der Waals surface area contributed by atoms with Crippen LogP contribution in [0.1, 0.15) is 25.0 Å². The molecule has 1 aliphatic carbocycles. The number of furan rings is 5. The van der Waals surface area contributed by atoms with Gasteiger partial charge in [0.15, 0.2) is 11.6 Å². The van der Waals surface area contributed by atoms with Crippen molar-refractivity contribution in [1.82, 2.24) is 19.9 Å². The monoisotopic (exact) mass is 1640 g/mol. The number of aromatic nitrogens is 4. The summed E-state index contributed by atoms with van der Waals surface area (Å²) in [5, 5.41) is 10.9. The van der Waals surface area contributed by atoms with Crippen LogP contribution in [-0.2, 0) is 5.41 Å². The van der Waals surface area contributed by atoms with Crippen molar-refractivity contribution in [2.75, 3.05) is 0 Å². The second-order valence-corrected chi connectivity index (χ2v) is 33.9. The van der Waals surface area contributed by atoms with E-state index in [-0.39, 0.29) is 5.41 Å². The maximum atomic E-state index is 6.25. The zero-order chi connectivity index (χ0) is 84.7. The van der Waals surface area contributed by atoms with Crippen molar-refractivity contribution in [2.24, 2.45) is 0 Å². The Morgan fingerprint density at radius 1 is 0.156 bits per heavy atom. The van der Waals surface area contributed by atoms with Gasteiger partial charge >= 0.3 is 0 Å². The first-order valence-electron chi connectivity index (χ1n) is 43.3. The molecular formula is C119H74N4O5. The maximum Gasteiger partial charge on any atom is 0.160 e. The third-order valence-corrected chi connectivity index (χ3v) is 25.8. The SMILES string of the molecule is CC1(C)c2ccccc2-c2ccc(-c3ccc(-c4cc(-c5ccccc5)nc(-c5cc(-c6ccc7oc8ccccc8c7c6)cc(-c6ccc7oc8ccccc8c7c6)c5)n4)cc3)cc21.c1ccc(-c2cc(-c3cccc(-c4ccc5oc6ccccc6c5c4)c3)nc(-c3cc(-c4ccc5oc6ccccc6c5c4)cc(-c4ccc5oc6ccccc6c5c4)c3)n2)cc1. The molecule has 7 heterocycles. The molecule has 0 radical (unpaired) electrons. The van der Waals surface area contributed by atoms with Crippen LogP contribution in [-0.4, -0.2) is 19.9 Å². The molecule has 18 aromatic carbocycles. The Bertz CT molecular complexity index is 8540. The zero-order valence-electron chi connectivity index (χ0n) is 69.6. The Balaban J connectivity index is 0.000000139. The molecule has 0 aliphatic heterocycles. The summed E-state index contributed by atoms with van der Waals surface area (Å²) in [6.45, 7) is 4.67. The van der Waals surface area contributed by atoms with Crippen LogP contribution in [0.5, 0.6) is 0 Å². The third-order valence-electron chi connectivity index (χ3n) is 25.8. The van der Waals surface area contributed by atoms with E-state index in [9.17, 15) is 0 Å². The van der Waals surface area contributed by atoms with Gasteiger partial charge in [-0.1, -0.05) is 275 Å². The summed E-state index contributed by atoms with van der Waals surface area (Å²) in [5.41, 5.74) is 36.4. The van der Waals surface area contributed by atoms with Crippen molar-refractivity contribution in [3.8, 4) is 146 Å². The standard InChI is InChI=1S/C61H40N2O2.C58H34N2O3/c1-61(2)52-17-9-6-14-46(52)47-27-24-42(35-53(47)61)37-20-22-39(23-21-37)55-36-54(38-12-4-3-5-13-38)62-60(63-55)45-31-43(40-25-28-58-50(33-40)48-15-7-10-18-56(48)64-58)30-44(32-45)41-26-29-59-51(34-41)49-16-8-11-19-57(49)65-59;1-2-11-35(12-3-1)50-34-51(40-14-10-13-36(27-40)37-21-24-55-47(31-37)44-15-4-7-18-52(44)61-55)60-58(59-50)43-29-41(38-22-25-56-48(32-38)45-16-5-8-19-53(45)62-56)28-42(30-43)39-23-26-57-49(33-39)46-17-6-9-20-54(46)63-57/h3-36H,1-2H3;1-34H. The van der Waals surface area contributed by atoms with Crippen LogP contribution >= 0.6 is 0 Å². The van der Waals surface area contributed by atoms with Crippen molar-refractivity contribution in [3.05, 3.63) is 424 Å². The molecule has 1 aliphatic rings. The minimum absolute atomic E-state index is 0.0645. The molecule has 600 valence electrons. The van der Waals surface area contributed by atoms with Gasteiger partial charge in [-0.3, -0.25) is 0 Å². The lowest BCUT2D eigenvalue weighted by molar-refractivity contribution is 0.660. The number of benzene rings is 18. The van der Waals surface area contributed by atoms with Gasteiger partial charge in [-0.15, -0.1) is 0 Å². The summed E-state index contributed by atoms with van der Waals surface area (Å²) in [7, 11) is 0. The summed E-state index contributed by atoms with van der Waals surface area (Å²) in [5.74, 6) is 1.29. The first-order chi connectivity index (χ1) is 63.1. The Labute approximate surface area is 735 Å². The molecule has 0 spiro atoms. The summed E-state index contributed by atoms with van der Waals surface area (Å²) in [6, 6.07) is 145. The van der Waals surface area contributed by atoms with Gasteiger partial charge in [0.1, 0.15) is 55.8 Å². The summed E-state index contributed by atoms with van der Waals surface area (Å²) in [4.78, 5) is 21.4. The molecule has 25 aromatic rings. The van der Waals surface area contributed by atoms with Crippen molar-refractivity contribution >= 4 is 110 Å². The molecule has 128 heavy (non-hydrogen) atoms. The fourth-order valence-corrected chi connectivity index (χ4v) is 19.2. The van der Waals surface area contributed by atoms with Gasteiger partial charge in [-0.25, -0.2) is 19.9 Å². The smallest absolute Gasteiger partial charge is 0.160 e. The fraction of sp³-hybridized carbons (Fsp3) is 0.0252. The van der Waals surface area contributed by atoms with Crippen molar-refractivity contribution in [1.29, 1.82) is 0 Å². The molecule has 9 nitrogen and oxygen atoms in total. The van der Waals surface area contributed by atoms with Gasteiger partial charge in [0.25, 0.3) is 0 Å². The maximum absolute atomic E-state index is 6.25. The number of hydrogen-bond acceptors (Lipinski definition) is 9. The second kappa shape index (κ2) is 29.7. The first-order valence-corrected chi connectivity index (χ1v) is 43.3. The largest absolute Gasteiger partial charge is 0.456 e. The van der Waals surface area contributed by atoms with E-state index in [4.69, 9.17) is 42.0 Å². The first kappa shape index (κ1) is 73.8. The van der Waals surface area contributed by atoms with Gasteiger partial charge in [0, 0.05) is 92.7 Å². The lowest BCUT2D eigenvalue weighted by atomic mass is 9.81. The molecule has 0 saturated carbocycles. The van der Waals surface area contributed by atoms with Crippen LogP contribution in [0.3, 0.4) is 0 Å². The van der Waals surface area contributed by atoms with Crippen molar-refractivity contribution in [2.45, 2.75) is 19.3 Å². The summed E-state index contributed by atoms with van der Waals surface area (Å²) < 4.78 is 31.1. The average molecular weight is 1640 g/mol. The zero-order valence-corrected chi connectivity index (χ0v) is 69.6. The van der Waals surface area contributed by atoms with Crippen LogP contribution in [0.25, 0.3) is 255 Å². The number of hydrogen-bond donors (Lipinski definition) is 0. The Morgan fingerprint density at radius 2 is 0.406 bits per heavy atom. The normalized spacial score (nSPS) is 12.4. The highest BCUT2D eigenvalue weighted by Crippen LogP contribution is 2.51. The van der Waals surface area contributed by atoms with Crippen LogP contribution < -0.4 is 0 Å². The molecule has 0 atom stereocenters. The van der Waals surface area contributed by atoms with E-state index in [1.54, 1.807) is 0 Å². The van der Waals surface area contributed by atoms with E-state index in [1.165, 1.54) is 33.4 Å². The second-order valence-electron chi connectivity index (χ2n) is 33.9. The summed E-state index contributed by atoms with van der Waals surface area (Å²) >= 11 is 0. The van der Waals surface area contributed by atoms with Crippen molar-refractivity contribution in [3.63, 3.8) is 0 Å². The molecule has 0 fully saturated rings. The van der Waals surface area contributed by atoms with E-state index in [1.807, 2.05) is 72.8 Å². The fourth-order valence-electron chi connectivity index (χ4n) is 19.2. The van der Waals surface area contributed by atoms with Gasteiger partial charge in [0.2, 0.25) is 0 Å². The van der Waals surface area contributed by atoms with E-state index < -0.39 is 0 Å². The number of para-hydroxylation sites is 5. The minimum atomic E-state index is -0.0645. The lowest BCUT2D eigenvalue weighted by Crippen LogP contribution is -2.14. The van der Waals surface area contributed by atoms with Crippen LogP contribution in [0.2, 0.25) is 0 Å². The van der Waals surface area contributed by atoms with E-state index in [0.29, 0.717) is 11.6 Å². The topological polar surface area (TPSA) is 117 Å². The average Bonchev–Trinajstić information content (AvgIpc) is 1.57. The van der Waals surface area contributed by atoms with E-state index in [2.05, 4.69) is 354 Å². The molecule has 0 N–H and O–H groups in total. The van der Waals surface area contributed by atoms with Gasteiger partial charge in [0.05, 0.1) is 22.8 Å². The quantitative estimate of drug-likeness (QED) is 0.118. The molecule has 0 amide bonds. The number of nitrogens with zero attached hydrogens (tertiary/aromatic N) is 4. The Morgan fingerprint density at radius 3 is 0.797 bits per heavy atom. The summed E-state index contributed by atoms with van der Waals surface area (Å²) in [6.07, 6.45) is 0. The molecule has 7 aromatic heterocycles. The molecule has 26 rings (SSSR count). The minimum Gasteiger partial charge on any atom is -0.456 e. The molecule has 0 unspecified atom stereocenters. The molecule has 0 bridgehead atoms. The Kier molecular flexibility index (Phi) is 17.1. The van der Waals surface area contributed by atoms with Gasteiger partial charge in [-0.05, 0) is 241 Å². The highest BCUT2D eigenvalue weighted by Gasteiger charge is 2.35. The van der Waals surface area contributed by atoms with Crippen molar-refractivity contribution < 1.29 is 22.1 Å². The predicted molar refractivity (Wildman–Crippen MR) is 523 cm³/mol. The van der Waals surface area contributed by atoms with Gasteiger partial charge in [-0.2, -0.15) is 0 Å².